The molecule has 0 heterocycles. The number of hydrogen-bond acceptors (Lipinski definition) is 4. The summed E-state index contributed by atoms with van der Waals surface area (Å²) < 4.78 is 15.7. The Balaban J connectivity index is 2.73. The van der Waals surface area contributed by atoms with Crippen LogP contribution in [0, 0.1) is 0 Å². The molecule has 0 aliphatic heterocycles. The molecule has 5 heteroatoms. The summed E-state index contributed by atoms with van der Waals surface area (Å²) in [4.78, 5) is 0. The van der Waals surface area contributed by atoms with Gasteiger partial charge >= 0.3 is 0 Å². The fourth-order valence-electron chi connectivity index (χ4n) is 1.54. The van der Waals surface area contributed by atoms with E-state index in [-0.39, 0.29) is 0 Å². The van der Waals surface area contributed by atoms with Crippen molar-refractivity contribution in [2.24, 2.45) is 0 Å². The minimum absolute atomic E-state index is 0.581. The fraction of sp³-hybridized carbons (Fsp3) is 0.538. The van der Waals surface area contributed by atoms with Crippen molar-refractivity contribution in [3.63, 3.8) is 0 Å². The third kappa shape index (κ3) is 4.37. The summed E-state index contributed by atoms with van der Waals surface area (Å²) in [6, 6.07) is 3.68. The van der Waals surface area contributed by atoms with E-state index in [0.717, 1.165) is 12.1 Å². The van der Waals surface area contributed by atoms with Gasteiger partial charge in [-0.05, 0) is 18.6 Å². The Morgan fingerprint density at radius 2 is 2.00 bits per heavy atom. The van der Waals surface area contributed by atoms with Crippen LogP contribution >= 0.6 is 11.6 Å². The van der Waals surface area contributed by atoms with Crippen molar-refractivity contribution in [2.75, 3.05) is 34.0 Å². The number of halogens is 1. The van der Waals surface area contributed by atoms with E-state index < -0.39 is 0 Å². The minimum atomic E-state index is 0.581. The van der Waals surface area contributed by atoms with Gasteiger partial charge in [-0.25, -0.2) is 0 Å². The number of ether oxygens (including phenoxy) is 3. The van der Waals surface area contributed by atoms with E-state index >= 15 is 0 Å². The van der Waals surface area contributed by atoms with Crippen LogP contribution in [0.4, 0.5) is 0 Å². The monoisotopic (exact) mass is 273 g/mol. The van der Waals surface area contributed by atoms with E-state index in [9.17, 15) is 0 Å². The standard InChI is InChI=1S/C13H20ClNO3/c1-4-18-13-8-11(14)10(7-12(13)17-3)9-15-5-6-16-2/h7-8,15H,4-6,9H2,1-3H3. The Hall–Kier alpha value is -0.970. The van der Waals surface area contributed by atoms with Gasteiger partial charge in [-0.1, -0.05) is 11.6 Å². The maximum atomic E-state index is 6.20. The van der Waals surface area contributed by atoms with Crippen molar-refractivity contribution in [2.45, 2.75) is 13.5 Å². The Morgan fingerprint density at radius 3 is 2.61 bits per heavy atom. The minimum Gasteiger partial charge on any atom is -0.493 e. The molecule has 1 aromatic carbocycles. The molecule has 0 aliphatic carbocycles. The summed E-state index contributed by atoms with van der Waals surface area (Å²) >= 11 is 6.20. The SMILES string of the molecule is CCOc1cc(Cl)c(CNCCOC)cc1OC. The fourth-order valence-corrected chi connectivity index (χ4v) is 1.76. The average Bonchev–Trinajstić information content (AvgIpc) is 2.37. The van der Waals surface area contributed by atoms with Gasteiger partial charge in [-0.2, -0.15) is 0 Å². The van der Waals surface area contributed by atoms with Crippen molar-refractivity contribution in [1.82, 2.24) is 5.32 Å². The van der Waals surface area contributed by atoms with Gasteiger partial charge in [0.15, 0.2) is 11.5 Å². The molecule has 0 radical (unpaired) electrons. The number of rotatable bonds is 8. The van der Waals surface area contributed by atoms with Gasteiger partial charge in [0.25, 0.3) is 0 Å². The average molecular weight is 274 g/mol. The molecule has 4 nitrogen and oxygen atoms in total. The van der Waals surface area contributed by atoms with Gasteiger partial charge in [0.05, 0.1) is 20.3 Å². The maximum Gasteiger partial charge on any atom is 0.162 e. The molecule has 0 aromatic heterocycles. The molecule has 0 saturated carbocycles. The molecule has 0 aliphatic rings. The second kappa shape index (κ2) is 8.19. The zero-order chi connectivity index (χ0) is 13.4. The van der Waals surface area contributed by atoms with Crippen molar-refractivity contribution >= 4 is 11.6 Å². The van der Waals surface area contributed by atoms with Crippen molar-refractivity contribution in [3.8, 4) is 11.5 Å². The van der Waals surface area contributed by atoms with Gasteiger partial charge in [0.2, 0.25) is 0 Å². The van der Waals surface area contributed by atoms with Crippen LogP contribution in [-0.4, -0.2) is 34.0 Å². The van der Waals surface area contributed by atoms with Crippen LogP contribution in [-0.2, 0) is 11.3 Å². The Labute approximate surface area is 113 Å². The topological polar surface area (TPSA) is 39.7 Å². The van der Waals surface area contributed by atoms with Crippen LogP contribution in [0.2, 0.25) is 5.02 Å². The molecule has 0 saturated heterocycles. The summed E-state index contributed by atoms with van der Waals surface area (Å²) in [7, 11) is 3.29. The highest BCUT2D eigenvalue weighted by Crippen LogP contribution is 2.33. The predicted molar refractivity (Wildman–Crippen MR) is 72.8 cm³/mol. The first-order chi connectivity index (χ1) is 8.72. The largest absolute Gasteiger partial charge is 0.493 e. The van der Waals surface area contributed by atoms with E-state index in [1.807, 2.05) is 13.0 Å². The summed E-state index contributed by atoms with van der Waals surface area (Å²) in [6.45, 7) is 4.63. The normalized spacial score (nSPS) is 10.4. The highest BCUT2D eigenvalue weighted by molar-refractivity contribution is 6.31. The molecular formula is C13H20ClNO3. The van der Waals surface area contributed by atoms with Crippen molar-refractivity contribution < 1.29 is 14.2 Å². The molecular weight excluding hydrogens is 254 g/mol. The lowest BCUT2D eigenvalue weighted by atomic mass is 10.2. The molecule has 0 fully saturated rings. The highest BCUT2D eigenvalue weighted by Gasteiger charge is 2.09. The van der Waals surface area contributed by atoms with Crippen molar-refractivity contribution in [3.05, 3.63) is 22.7 Å². The number of benzene rings is 1. The second-order valence-electron chi connectivity index (χ2n) is 3.70. The molecule has 18 heavy (non-hydrogen) atoms. The number of nitrogens with one attached hydrogen (secondary N) is 1. The zero-order valence-electron chi connectivity index (χ0n) is 11.1. The summed E-state index contributed by atoms with van der Waals surface area (Å²) in [5.41, 5.74) is 0.980. The van der Waals surface area contributed by atoms with Crippen LogP contribution in [0.5, 0.6) is 11.5 Å². The van der Waals surface area contributed by atoms with Crippen molar-refractivity contribution in [1.29, 1.82) is 0 Å². The van der Waals surface area contributed by atoms with Gasteiger partial charge < -0.3 is 19.5 Å². The Morgan fingerprint density at radius 1 is 1.22 bits per heavy atom. The third-order valence-electron chi connectivity index (χ3n) is 2.43. The van der Waals surface area contributed by atoms with E-state index in [0.29, 0.717) is 36.3 Å². The molecule has 0 unspecified atom stereocenters. The first kappa shape index (κ1) is 15.1. The summed E-state index contributed by atoms with van der Waals surface area (Å²) in [6.07, 6.45) is 0. The van der Waals surface area contributed by atoms with Gasteiger partial charge in [0, 0.05) is 31.3 Å². The first-order valence-electron chi connectivity index (χ1n) is 5.91. The Bertz CT molecular complexity index is 371. The molecule has 0 spiro atoms. The highest BCUT2D eigenvalue weighted by atomic mass is 35.5. The van der Waals surface area contributed by atoms with Crippen LogP contribution in [0.3, 0.4) is 0 Å². The number of methoxy groups -OCH3 is 2. The predicted octanol–water partition coefficient (Wildman–Crippen LogP) is 2.48. The zero-order valence-corrected chi connectivity index (χ0v) is 11.8. The molecule has 1 N–H and O–H groups in total. The molecule has 0 bridgehead atoms. The molecule has 0 atom stereocenters. The third-order valence-corrected chi connectivity index (χ3v) is 2.78. The first-order valence-corrected chi connectivity index (χ1v) is 6.29. The maximum absolute atomic E-state index is 6.20. The molecule has 0 amide bonds. The lowest BCUT2D eigenvalue weighted by Gasteiger charge is -2.13. The van der Waals surface area contributed by atoms with Crippen LogP contribution in [0.15, 0.2) is 12.1 Å². The molecule has 1 rings (SSSR count). The van der Waals surface area contributed by atoms with Gasteiger partial charge in [-0.3, -0.25) is 0 Å². The van der Waals surface area contributed by atoms with Crippen LogP contribution in [0.25, 0.3) is 0 Å². The number of hydrogen-bond donors (Lipinski definition) is 1. The van der Waals surface area contributed by atoms with E-state index in [2.05, 4.69) is 5.32 Å². The quantitative estimate of drug-likeness (QED) is 0.739. The molecule has 1 aromatic rings. The summed E-state index contributed by atoms with van der Waals surface area (Å²) in [5, 5.41) is 3.91. The van der Waals surface area contributed by atoms with E-state index in [4.69, 9.17) is 25.8 Å². The van der Waals surface area contributed by atoms with Gasteiger partial charge in [-0.15, -0.1) is 0 Å². The van der Waals surface area contributed by atoms with Gasteiger partial charge in [0.1, 0.15) is 0 Å². The smallest absolute Gasteiger partial charge is 0.162 e. The second-order valence-corrected chi connectivity index (χ2v) is 4.10. The van der Waals surface area contributed by atoms with Crippen LogP contribution < -0.4 is 14.8 Å². The summed E-state index contributed by atoms with van der Waals surface area (Å²) in [5.74, 6) is 1.37. The van der Waals surface area contributed by atoms with Crippen LogP contribution in [0.1, 0.15) is 12.5 Å². The lowest BCUT2D eigenvalue weighted by molar-refractivity contribution is 0.199. The van der Waals surface area contributed by atoms with E-state index in [1.165, 1.54) is 0 Å². The molecule has 102 valence electrons. The lowest BCUT2D eigenvalue weighted by Crippen LogP contribution is -2.18. The van der Waals surface area contributed by atoms with E-state index in [1.54, 1.807) is 20.3 Å². The Kier molecular flexibility index (Phi) is 6.86.